The van der Waals surface area contributed by atoms with Crippen LogP contribution >= 0.6 is 0 Å². The fourth-order valence-electron chi connectivity index (χ4n) is 0.909. The zero-order valence-corrected chi connectivity index (χ0v) is 7.23. The van der Waals surface area contributed by atoms with Crippen LogP contribution < -0.4 is 5.84 Å². The Kier molecular flexibility index (Phi) is 3.03. The van der Waals surface area contributed by atoms with Crippen LogP contribution in [0.4, 0.5) is 0 Å². The van der Waals surface area contributed by atoms with Crippen LogP contribution in [0.25, 0.3) is 0 Å². The lowest BCUT2D eigenvalue weighted by molar-refractivity contribution is 0.0601. The van der Waals surface area contributed by atoms with Crippen LogP contribution in [0.15, 0.2) is 29.4 Å². The molecule has 4 heteroatoms. The highest BCUT2D eigenvalue weighted by Gasteiger charge is 2.02. The van der Waals surface area contributed by atoms with E-state index in [-0.39, 0.29) is 5.97 Å². The Balaban J connectivity index is 2.87. The third-order valence-electron chi connectivity index (χ3n) is 1.56. The second kappa shape index (κ2) is 4.25. The number of hydrogen-bond donors (Lipinski definition) is 1. The van der Waals surface area contributed by atoms with Gasteiger partial charge in [0.15, 0.2) is 0 Å². The fraction of sp³-hybridized carbons (Fsp3) is 0.111. The molecular weight excluding hydrogens is 168 g/mol. The molecule has 0 radical (unpaired) electrons. The number of nitrogens with two attached hydrogens (primary N) is 1. The Morgan fingerprint density at radius 2 is 2.08 bits per heavy atom. The van der Waals surface area contributed by atoms with Crippen molar-refractivity contribution in [3.63, 3.8) is 0 Å². The zero-order chi connectivity index (χ0) is 9.68. The first-order valence-electron chi connectivity index (χ1n) is 3.69. The highest BCUT2D eigenvalue weighted by atomic mass is 16.5. The van der Waals surface area contributed by atoms with Gasteiger partial charge in [0.2, 0.25) is 0 Å². The van der Waals surface area contributed by atoms with Crippen LogP contribution in [-0.2, 0) is 4.74 Å². The molecular formula is C9H10N2O2. The normalized spacial score (nSPS) is 10.2. The number of carbonyl (C=O) groups is 1. The maximum Gasteiger partial charge on any atom is 0.337 e. The third-order valence-corrected chi connectivity index (χ3v) is 1.56. The molecule has 0 aliphatic heterocycles. The van der Waals surface area contributed by atoms with Crippen LogP contribution in [0.3, 0.4) is 0 Å². The summed E-state index contributed by atoms with van der Waals surface area (Å²) < 4.78 is 4.54. The van der Waals surface area contributed by atoms with Gasteiger partial charge in [0.1, 0.15) is 0 Å². The third kappa shape index (κ3) is 2.30. The number of ether oxygens (including phenoxy) is 1. The number of hydrogen-bond acceptors (Lipinski definition) is 4. The molecule has 0 fully saturated rings. The first-order chi connectivity index (χ1) is 6.27. The molecule has 0 saturated carbocycles. The van der Waals surface area contributed by atoms with Crippen molar-refractivity contribution >= 4 is 12.2 Å². The van der Waals surface area contributed by atoms with Crippen LogP contribution in [-0.4, -0.2) is 19.3 Å². The fourth-order valence-corrected chi connectivity index (χ4v) is 0.909. The number of hydrazone groups is 1. The maximum absolute atomic E-state index is 11.0. The predicted molar refractivity (Wildman–Crippen MR) is 49.6 cm³/mol. The SMILES string of the molecule is COC(=O)c1ccc(/C=N/N)cc1. The van der Waals surface area contributed by atoms with E-state index in [9.17, 15) is 4.79 Å². The van der Waals surface area contributed by atoms with E-state index in [1.54, 1.807) is 24.3 Å². The largest absolute Gasteiger partial charge is 0.465 e. The first kappa shape index (κ1) is 9.25. The van der Waals surface area contributed by atoms with Gasteiger partial charge in [-0.2, -0.15) is 5.10 Å². The van der Waals surface area contributed by atoms with Gasteiger partial charge in [-0.1, -0.05) is 12.1 Å². The van der Waals surface area contributed by atoms with Crippen molar-refractivity contribution in [1.29, 1.82) is 0 Å². The Morgan fingerprint density at radius 1 is 1.46 bits per heavy atom. The number of rotatable bonds is 2. The maximum atomic E-state index is 11.0. The van der Waals surface area contributed by atoms with Crippen LogP contribution in [0.5, 0.6) is 0 Å². The van der Waals surface area contributed by atoms with Gasteiger partial charge in [0, 0.05) is 0 Å². The quantitative estimate of drug-likeness (QED) is 0.315. The van der Waals surface area contributed by atoms with Crippen LogP contribution in [0.1, 0.15) is 15.9 Å². The van der Waals surface area contributed by atoms with Gasteiger partial charge in [0.05, 0.1) is 18.9 Å². The van der Waals surface area contributed by atoms with Gasteiger partial charge < -0.3 is 10.6 Å². The second-order valence-electron chi connectivity index (χ2n) is 2.39. The number of nitrogens with zero attached hydrogens (tertiary/aromatic N) is 1. The molecule has 1 aromatic carbocycles. The lowest BCUT2D eigenvalue weighted by Crippen LogP contribution is -2.00. The second-order valence-corrected chi connectivity index (χ2v) is 2.39. The molecule has 68 valence electrons. The van der Waals surface area contributed by atoms with Crippen molar-refractivity contribution in [3.8, 4) is 0 Å². The average molecular weight is 178 g/mol. The smallest absolute Gasteiger partial charge is 0.337 e. The lowest BCUT2D eigenvalue weighted by atomic mass is 10.1. The zero-order valence-electron chi connectivity index (χ0n) is 7.23. The molecule has 13 heavy (non-hydrogen) atoms. The molecule has 0 aromatic heterocycles. The molecule has 2 N–H and O–H groups in total. The van der Waals surface area contributed by atoms with Gasteiger partial charge >= 0.3 is 5.97 Å². The predicted octanol–water partition coefficient (Wildman–Crippen LogP) is 0.766. The molecule has 1 aromatic rings. The Labute approximate surface area is 76.0 Å². The summed E-state index contributed by atoms with van der Waals surface area (Å²) in [5.41, 5.74) is 1.35. The Bertz CT molecular complexity index is 317. The van der Waals surface area contributed by atoms with Crippen molar-refractivity contribution in [2.75, 3.05) is 7.11 Å². The summed E-state index contributed by atoms with van der Waals surface area (Å²) in [5, 5.41) is 3.36. The molecule has 1 rings (SSSR count). The molecule has 0 aliphatic rings. The molecule has 4 nitrogen and oxygen atoms in total. The molecule has 0 saturated heterocycles. The first-order valence-corrected chi connectivity index (χ1v) is 3.69. The standard InChI is InChI=1S/C9H10N2O2/c1-13-9(12)8-4-2-7(3-5-8)6-11-10/h2-6H,10H2,1H3/b11-6+. The lowest BCUT2D eigenvalue weighted by Gasteiger charge is -1.98. The van der Waals surface area contributed by atoms with E-state index in [1.165, 1.54) is 13.3 Å². The van der Waals surface area contributed by atoms with Gasteiger partial charge in [-0.15, -0.1) is 0 Å². The Morgan fingerprint density at radius 3 is 2.54 bits per heavy atom. The highest BCUT2D eigenvalue weighted by molar-refractivity contribution is 5.90. The van der Waals surface area contributed by atoms with Crippen molar-refractivity contribution in [2.45, 2.75) is 0 Å². The van der Waals surface area contributed by atoms with Crippen molar-refractivity contribution in [2.24, 2.45) is 10.9 Å². The number of carbonyl (C=O) groups excluding carboxylic acids is 1. The van der Waals surface area contributed by atoms with E-state index >= 15 is 0 Å². The monoisotopic (exact) mass is 178 g/mol. The summed E-state index contributed by atoms with van der Waals surface area (Å²) in [6, 6.07) is 6.79. The molecule has 0 spiro atoms. The van der Waals surface area contributed by atoms with Crippen molar-refractivity contribution in [1.82, 2.24) is 0 Å². The van der Waals surface area contributed by atoms with Crippen LogP contribution in [0, 0.1) is 0 Å². The number of methoxy groups -OCH3 is 1. The minimum absolute atomic E-state index is 0.351. The molecule has 0 amide bonds. The molecule has 0 unspecified atom stereocenters. The van der Waals surface area contributed by atoms with Gasteiger partial charge in [0.25, 0.3) is 0 Å². The minimum atomic E-state index is -0.351. The average Bonchev–Trinajstić information content (AvgIpc) is 2.18. The van der Waals surface area contributed by atoms with Gasteiger partial charge in [-0.25, -0.2) is 4.79 Å². The van der Waals surface area contributed by atoms with Crippen molar-refractivity contribution < 1.29 is 9.53 Å². The summed E-state index contributed by atoms with van der Waals surface area (Å²) in [4.78, 5) is 11.0. The summed E-state index contributed by atoms with van der Waals surface area (Å²) in [6.07, 6.45) is 1.50. The summed E-state index contributed by atoms with van der Waals surface area (Å²) >= 11 is 0. The molecule has 0 heterocycles. The number of esters is 1. The van der Waals surface area contributed by atoms with Crippen molar-refractivity contribution in [3.05, 3.63) is 35.4 Å². The van der Waals surface area contributed by atoms with Crippen LogP contribution in [0.2, 0.25) is 0 Å². The van der Waals surface area contributed by atoms with E-state index in [4.69, 9.17) is 5.84 Å². The molecule has 0 atom stereocenters. The summed E-state index contributed by atoms with van der Waals surface area (Å²) in [6.45, 7) is 0. The van der Waals surface area contributed by atoms with E-state index in [2.05, 4.69) is 9.84 Å². The summed E-state index contributed by atoms with van der Waals surface area (Å²) in [7, 11) is 1.34. The number of benzene rings is 1. The van der Waals surface area contributed by atoms with E-state index in [1.807, 2.05) is 0 Å². The Hall–Kier alpha value is -1.84. The minimum Gasteiger partial charge on any atom is -0.465 e. The van der Waals surface area contributed by atoms with E-state index in [0.717, 1.165) is 5.56 Å². The van der Waals surface area contributed by atoms with E-state index < -0.39 is 0 Å². The highest BCUT2D eigenvalue weighted by Crippen LogP contribution is 2.03. The van der Waals surface area contributed by atoms with E-state index in [0.29, 0.717) is 5.56 Å². The topological polar surface area (TPSA) is 64.7 Å². The molecule has 0 aliphatic carbocycles. The molecule has 0 bridgehead atoms. The van der Waals surface area contributed by atoms with Gasteiger partial charge in [-0.05, 0) is 17.7 Å². The summed E-state index contributed by atoms with van der Waals surface area (Å²) in [5.74, 6) is 4.61. The van der Waals surface area contributed by atoms with Gasteiger partial charge in [-0.3, -0.25) is 0 Å².